The first kappa shape index (κ1) is 20.3. The fraction of sp³-hybridized carbons (Fsp3) is 0.692. The molecule has 1 atom stereocenters. The smallest absolute Gasteiger partial charge is 0.312 e. The van der Waals surface area contributed by atoms with E-state index in [0.717, 1.165) is 6.54 Å². The minimum Gasteiger partial charge on any atom is -0.354 e. The lowest BCUT2D eigenvalue weighted by Crippen LogP contribution is -2.39. The van der Waals surface area contributed by atoms with Crippen LogP contribution in [0.3, 0.4) is 0 Å². The molecule has 0 spiro atoms. The Kier molecular flexibility index (Phi) is 8.66. The van der Waals surface area contributed by atoms with Gasteiger partial charge in [-0.2, -0.15) is 5.10 Å². The number of carbonyl (C=O) groups excluding carboxylic acids is 1. The first-order valence-corrected chi connectivity index (χ1v) is 7.05. The molecule has 0 aromatic carbocycles. The predicted octanol–water partition coefficient (Wildman–Crippen LogP) is 1.33. The first-order chi connectivity index (χ1) is 9.86. The molecule has 0 aliphatic carbocycles. The Morgan fingerprint density at radius 1 is 1.45 bits per heavy atom. The van der Waals surface area contributed by atoms with Crippen molar-refractivity contribution in [2.45, 2.75) is 46.7 Å². The van der Waals surface area contributed by atoms with Gasteiger partial charge in [0.05, 0.1) is 11.5 Å². The SMILES string of the molecule is CCN[C@H](C)CNC(=O)CCn1nc(C)c([N+](=O)[O-])c1C.Cl. The van der Waals surface area contributed by atoms with Crippen LogP contribution in [0.1, 0.15) is 31.7 Å². The molecule has 0 saturated carbocycles. The predicted molar refractivity (Wildman–Crippen MR) is 86.4 cm³/mol. The molecule has 1 aromatic heterocycles. The fourth-order valence-corrected chi connectivity index (χ4v) is 2.15. The third-order valence-electron chi connectivity index (χ3n) is 3.23. The lowest BCUT2D eigenvalue weighted by atomic mass is 10.3. The van der Waals surface area contributed by atoms with Crippen molar-refractivity contribution in [3.05, 3.63) is 21.5 Å². The van der Waals surface area contributed by atoms with Crippen molar-refractivity contribution < 1.29 is 9.72 Å². The minimum absolute atomic E-state index is 0. The van der Waals surface area contributed by atoms with Crippen molar-refractivity contribution in [1.29, 1.82) is 0 Å². The van der Waals surface area contributed by atoms with E-state index in [-0.39, 0.29) is 36.5 Å². The van der Waals surface area contributed by atoms with Crippen LogP contribution < -0.4 is 10.6 Å². The standard InChI is InChI=1S/C13H23N5O3.ClH/c1-5-14-9(2)8-15-12(19)6-7-17-11(4)13(18(20)21)10(3)16-17;/h9,14H,5-8H2,1-4H3,(H,15,19);1H/t9-;/m1./s1. The van der Waals surface area contributed by atoms with Crippen molar-refractivity contribution in [3.8, 4) is 0 Å². The number of amides is 1. The summed E-state index contributed by atoms with van der Waals surface area (Å²) in [5.41, 5.74) is 0.876. The summed E-state index contributed by atoms with van der Waals surface area (Å²) in [5.74, 6) is -0.0880. The van der Waals surface area contributed by atoms with Gasteiger partial charge in [-0.25, -0.2) is 0 Å². The summed E-state index contributed by atoms with van der Waals surface area (Å²) < 4.78 is 1.51. The van der Waals surface area contributed by atoms with E-state index in [1.165, 1.54) is 4.68 Å². The van der Waals surface area contributed by atoms with Gasteiger partial charge in [0.1, 0.15) is 11.4 Å². The maximum Gasteiger partial charge on any atom is 0.312 e. The van der Waals surface area contributed by atoms with Crippen LogP contribution in [-0.4, -0.2) is 39.7 Å². The van der Waals surface area contributed by atoms with E-state index in [4.69, 9.17) is 0 Å². The molecular weight excluding hydrogens is 310 g/mol. The van der Waals surface area contributed by atoms with Crippen molar-refractivity contribution in [2.24, 2.45) is 0 Å². The number of hydrogen-bond acceptors (Lipinski definition) is 5. The molecule has 0 aliphatic rings. The van der Waals surface area contributed by atoms with Crippen molar-refractivity contribution in [3.63, 3.8) is 0 Å². The number of aryl methyl sites for hydroxylation is 2. The highest BCUT2D eigenvalue weighted by molar-refractivity contribution is 5.85. The van der Waals surface area contributed by atoms with Crippen LogP contribution in [-0.2, 0) is 11.3 Å². The zero-order valence-corrected chi connectivity index (χ0v) is 14.2. The molecule has 9 heteroatoms. The Hall–Kier alpha value is -1.67. The Morgan fingerprint density at radius 3 is 2.59 bits per heavy atom. The van der Waals surface area contributed by atoms with Crippen molar-refractivity contribution >= 4 is 24.0 Å². The molecular formula is C13H24ClN5O3. The zero-order chi connectivity index (χ0) is 16.0. The maximum atomic E-state index is 11.7. The number of hydrogen-bond donors (Lipinski definition) is 2. The van der Waals surface area contributed by atoms with E-state index in [0.29, 0.717) is 24.5 Å². The number of aromatic nitrogens is 2. The van der Waals surface area contributed by atoms with E-state index in [1.807, 2.05) is 13.8 Å². The number of carbonyl (C=O) groups is 1. The van der Waals surface area contributed by atoms with E-state index in [2.05, 4.69) is 15.7 Å². The number of rotatable bonds is 8. The summed E-state index contributed by atoms with van der Waals surface area (Å²) in [4.78, 5) is 22.2. The van der Waals surface area contributed by atoms with E-state index in [1.54, 1.807) is 13.8 Å². The molecule has 8 nitrogen and oxygen atoms in total. The summed E-state index contributed by atoms with van der Waals surface area (Å²) in [6.07, 6.45) is 0.248. The highest BCUT2D eigenvalue weighted by Crippen LogP contribution is 2.21. The van der Waals surface area contributed by atoms with Gasteiger partial charge in [0.2, 0.25) is 5.91 Å². The van der Waals surface area contributed by atoms with Gasteiger partial charge in [-0.15, -0.1) is 12.4 Å². The Labute approximate surface area is 136 Å². The summed E-state index contributed by atoms with van der Waals surface area (Å²) >= 11 is 0. The van der Waals surface area contributed by atoms with Crippen LogP contribution >= 0.6 is 12.4 Å². The Morgan fingerprint density at radius 2 is 2.09 bits per heavy atom. The molecule has 0 radical (unpaired) electrons. The second-order valence-corrected chi connectivity index (χ2v) is 5.01. The van der Waals surface area contributed by atoms with E-state index in [9.17, 15) is 14.9 Å². The molecule has 1 amide bonds. The first-order valence-electron chi connectivity index (χ1n) is 7.05. The van der Waals surface area contributed by atoms with Crippen LogP contribution in [0, 0.1) is 24.0 Å². The third-order valence-corrected chi connectivity index (χ3v) is 3.23. The highest BCUT2D eigenvalue weighted by atomic mass is 35.5. The van der Waals surface area contributed by atoms with Crippen LogP contribution in [0.2, 0.25) is 0 Å². The summed E-state index contributed by atoms with van der Waals surface area (Å²) in [6.45, 7) is 8.99. The molecule has 0 unspecified atom stereocenters. The van der Waals surface area contributed by atoms with Crippen LogP contribution in [0.4, 0.5) is 5.69 Å². The average Bonchev–Trinajstić information content (AvgIpc) is 2.69. The largest absolute Gasteiger partial charge is 0.354 e. The number of nitrogens with zero attached hydrogens (tertiary/aromatic N) is 3. The lowest BCUT2D eigenvalue weighted by molar-refractivity contribution is -0.386. The molecule has 1 heterocycles. The molecule has 0 bridgehead atoms. The van der Waals surface area contributed by atoms with E-state index < -0.39 is 4.92 Å². The maximum absolute atomic E-state index is 11.7. The van der Waals surface area contributed by atoms with Gasteiger partial charge in [-0.1, -0.05) is 6.92 Å². The van der Waals surface area contributed by atoms with Gasteiger partial charge in [-0.05, 0) is 27.3 Å². The third kappa shape index (κ3) is 5.61. The zero-order valence-electron chi connectivity index (χ0n) is 13.4. The number of likely N-dealkylation sites (N-methyl/N-ethyl adjacent to an activating group) is 1. The molecule has 0 saturated heterocycles. The van der Waals surface area contributed by atoms with E-state index >= 15 is 0 Å². The summed E-state index contributed by atoms with van der Waals surface area (Å²) in [6, 6.07) is 0.216. The molecule has 2 N–H and O–H groups in total. The molecule has 22 heavy (non-hydrogen) atoms. The molecule has 0 aliphatic heterocycles. The van der Waals surface area contributed by atoms with Gasteiger partial charge in [0.25, 0.3) is 0 Å². The Bertz CT molecular complexity index is 518. The Balaban J connectivity index is 0.00000441. The van der Waals surface area contributed by atoms with Gasteiger partial charge < -0.3 is 10.6 Å². The second-order valence-electron chi connectivity index (χ2n) is 5.01. The van der Waals surface area contributed by atoms with Crippen molar-refractivity contribution in [1.82, 2.24) is 20.4 Å². The quantitative estimate of drug-likeness (QED) is 0.552. The normalized spacial score (nSPS) is 11.6. The molecule has 1 rings (SSSR count). The van der Waals surface area contributed by atoms with Crippen LogP contribution in [0.5, 0.6) is 0 Å². The fourth-order valence-electron chi connectivity index (χ4n) is 2.15. The molecule has 0 fully saturated rings. The van der Waals surface area contributed by atoms with Gasteiger partial charge in [0, 0.05) is 19.0 Å². The number of halogens is 1. The van der Waals surface area contributed by atoms with Crippen LogP contribution in [0.25, 0.3) is 0 Å². The van der Waals surface area contributed by atoms with Crippen LogP contribution in [0.15, 0.2) is 0 Å². The molecule has 126 valence electrons. The van der Waals surface area contributed by atoms with Gasteiger partial charge in [0.15, 0.2) is 0 Å². The summed E-state index contributed by atoms with van der Waals surface area (Å²) in [7, 11) is 0. The topological polar surface area (TPSA) is 102 Å². The monoisotopic (exact) mass is 333 g/mol. The molecule has 1 aromatic rings. The lowest BCUT2D eigenvalue weighted by Gasteiger charge is -2.13. The minimum atomic E-state index is -0.438. The summed E-state index contributed by atoms with van der Waals surface area (Å²) in [5, 5.41) is 21.0. The van der Waals surface area contributed by atoms with Crippen molar-refractivity contribution in [2.75, 3.05) is 13.1 Å². The average molecular weight is 334 g/mol. The van der Waals surface area contributed by atoms with Gasteiger partial charge in [-0.3, -0.25) is 19.6 Å². The number of nitro groups is 1. The number of nitrogens with one attached hydrogen (secondary N) is 2. The highest BCUT2D eigenvalue weighted by Gasteiger charge is 2.21. The van der Waals surface area contributed by atoms with Gasteiger partial charge >= 0.3 is 5.69 Å². The second kappa shape index (κ2) is 9.37.